The van der Waals surface area contributed by atoms with Crippen molar-refractivity contribution in [1.29, 1.82) is 0 Å². The molecule has 0 spiro atoms. The second-order valence-corrected chi connectivity index (χ2v) is 5.85. The summed E-state index contributed by atoms with van der Waals surface area (Å²) in [6, 6.07) is 0.711. The average molecular weight is 252 g/mol. The van der Waals surface area contributed by atoms with Gasteiger partial charge in [0.25, 0.3) is 0 Å². The number of hydrogen-bond donors (Lipinski definition) is 1. The van der Waals surface area contributed by atoms with Gasteiger partial charge in [0, 0.05) is 25.9 Å². The Balaban J connectivity index is 1.82. The van der Waals surface area contributed by atoms with E-state index in [9.17, 15) is 4.79 Å². The molecular weight excluding hydrogens is 232 g/mol. The third-order valence-electron chi connectivity index (χ3n) is 3.29. The van der Waals surface area contributed by atoms with Gasteiger partial charge in [-0.1, -0.05) is 12.8 Å². The van der Waals surface area contributed by atoms with E-state index in [1.165, 1.54) is 25.7 Å². The van der Waals surface area contributed by atoms with Crippen molar-refractivity contribution in [2.75, 3.05) is 6.54 Å². The van der Waals surface area contributed by atoms with E-state index in [4.69, 9.17) is 0 Å². The number of nitrogens with one attached hydrogen (secondary N) is 1. The van der Waals surface area contributed by atoms with Crippen molar-refractivity contribution < 1.29 is 4.79 Å². The molecule has 0 bridgehead atoms. The van der Waals surface area contributed by atoms with Gasteiger partial charge in [-0.3, -0.25) is 4.79 Å². The van der Waals surface area contributed by atoms with Gasteiger partial charge in [0.15, 0.2) is 5.78 Å². The maximum atomic E-state index is 11.3. The number of nitrogens with zero attached hydrogens (tertiary/aromatic N) is 1. The molecule has 2 rings (SSSR count). The third-order valence-corrected chi connectivity index (χ3v) is 4.61. The quantitative estimate of drug-likeness (QED) is 0.819. The zero-order chi connectivity index (χ0) is 12.3. The van der Waals surface area contributed by atoms with Crippen molar-refractivity contribution >= 4 is 17.1 Å². The fourth-order valence-electron chi connectivity index (χ4n) is 2.40. The maximum absolute atomic E-state index is 11.3. The molecule has 1 aromatic rings. The van der Waals surface area contributed by atoms with Crippen LogP contribution in [0, 0.1) is 6.92 Å². The molecule has 0 radical (unpaired) electrons. The summed E-state index contributed by atoms with van der Waals surface area (Å²) in [4.78, 5) is 16.6. The van der Waals surface area contributed by atoms with Crippen LogP contribution in [0.2, 0.25) is 0 Å². The lowest BCUT2D eigenvalue weighted by Gasteiger charge is -2.10. The Morgan fingerprint density at radius 3 is 2.76 bits per heavy atom. The van der Waals surface area contributed by atoms with Gasteiger partial charge in [-0.2, -0.15) is 0 Å². The van der Waals surface area contributed by atoms with E-state index < -0.39 is 0 Å². The molecule has 1 aliphatic rings. The predicted molar refractivity (Wildman–Crippen MR) is 70.8 cm³/mol. The van der Waals surface area contributed by atoms with Crippen molar-refractivity contribution in [2.24, 2.45) is 0 Å². The zero-order valence-corrected chi connectivity index (χ0v) is 11.4. The fraction of sp³-hybridized carbons (Fsp3) is 0.692. The number of carbonyl (C=O) groups is 1. The first-order valence-electron chi connectivity index (χ1n) is 6.37. The second kappa shape index (κ2) is 5.74. The van der Waals surface area contributed by atoms with Gasteiger partial charge in [-0.05, 0) is 19.8 Å². The molecule has 0 amide bonds. The highest BCUT2D eigenvalue weighted by molar-refractivity contribution is 7.13. The Morgan fingerprint density at radius 2 is 2.18 bits per heavy atom. The molecule has 0 atom stereocenters. The lowest BCUT2D eigenvalue weighted by atomic mass is 10.2. The van der Waals surface area contributed by atoms with E-state index in [2.05, 4.69) is 10.3 Å². The standard InChI is InChI=1S/C13H20N2OS/c1-9-13(10(2)16)17-12(15-9)7-8-14-11-5-3-4-6-11/h11,14H,3-8H2,1-2H3. The second-order valence-electron chi connectivity index (χ2n) is 4.76. The molecule has 1 N–H and O–H groups in total. The molecule has 1 aliphatic carbocycles. The Kier molecular flexibility index (Phi) is 4.29. The monoisotopic (exact) mass is 252 g/mol. The van der Waals surface area contributed by atoms with Crippen LogP contribution in [0.5, 0.6) is 0 Å². The molecule has 94 valence electrons. The maximum Gasteiger partial charge on any atom is 0.171 e. The first kappa shape index (κ1) is 12.7. The van der Waals surface area contributed by atoms with Gasteiger partial charge in [0.05, 0.1) is 15.6 Å². The highest BCUT2D eigenvalue weighted by Crippen LogP contribution is 2.20. The summed E-state index contributed by atoms with van der Waals surface area (Å²) >= 11 is 1.55. The summed E-state index contributed by atoms with van der Waals surface area (Å²) < 4.78 is 0. The lowest BCUT2D eigenvalue weighted by Crippen LogP contribution is -2.27. The summed E-state index contributed by atoms with van der Waals surface area (Å²) in [6.45, 7) is 4.51. The summed E-state index contributed by atoms with van der Waals surface area (Å²) in [7, 11) is 0. The molecule has 0 unspecified atom stereocenters. The Hall–Kier alpha value is -0.740. The number of thiazole rings is 1. The molecule has 0 aromatic carbocycles. The number of aromatic nitrogens is 1. The van der Waals surface area contributed by atoms with Crippen LogP contribution in [0.25, 0.3) is 0 Å². The van der Waals surface area contributed by atoms with E-state index in [1.54, 1.807) is 18.3 Å². The van der Waals surface area contributed by atoms with Crippen molar-refractivity contribution in [3.63, 3.8) is 0 Å². The minimum atomic E-state index is 0.134. The van der Waals surface area contributed by atoms with Crippen LogP contribution >= 0.6 is 11.3 Å². The summed E-state index contributed by atoms with van der Waals surface area (Å²) in [5, 5.41) is 4.65. The first-order chi connectivity index (χ1) is 8.16. The highest BCUT2D eigenvalue weighted by Gasteiger charge is 2.15. The number of ketones is 1. The van der Waals surface area contributed by atoms with Gasteiger partial charge in [0.2, 0.25) is 0 Å². The van der Waals surface area contributed by atoms with Crippen molar-refractivity contribution in [1.82, 2.24) is 10.3 Å². The molecule has 0 saturated heterocycles. The number of hydrogen-bond acceptors (Lipinski definition) is 4. The van der Waals surface area contributed by atoms with Gasteiger partial charge < -0.3 is 5.32 Å². The molecule has 1 heterocycles. The van der Waals surface area contributed by atoms with Crippen molar-refractivity contribution in [2.45, 2.75) is 52.0 Å². The highest BCUT2D eigenvalue weighted by atomic mass is 32.1. The summed E-state index contributed by atoms with van der Waals surface area (Å²) in [6.07, 6.45) is 6.30. The first-order valence-corrected chi connectivity index (χ1v) is 7.19. The molecule has 0 aliphatic heterocycles. The topological polar surface area (TPSA) is 42.0 Å². The van der Waals surface area contributed by atoms with E-state index in [0.717, 1.165) is 28.5 Å². The Morgan fingerprint density at radius 1 is 1.47 bits per heavy atom. The van der Waals surface area contributed by atoms with Gasteiger partial charge in [0.1, 0.15) is 0 Å². The Bertz CT molecular complexity index is 394. The fourth-order valence-corrected chi connectivity index (χ4v) is 3.36. The minimum Gasteiger partial charge on any atom is -0.314 e. The number of Topliss-reactive ketones (excluding diaryl/α,β-unsaturated/α-hetero) is 1. The normalized spacial score (nSPS) is 16.6. The number of rotatable bonds is 5. The zero-order valence-electron chi connectivity index (χ0n) is 10.6. The van der Waals surface area contributed by atoms with Crippen LogP contribution in [0.15, 0.2) is 0 Å². The van der Waals surface area contributed by atoms with Crippen LogP contribution in [0.4, 0.5) is 0 Å². The summed E-state index contributed by atoms with van der Waals surface area (Å²) in [5.41, 5.74) is 0.887. The van der Waals surface area contributed by atoms with E-state index in [-0.39, 0.29) is 5.78 Å². The third kappa shape index (κ3) is 3.36. The van der Waals surface area contributed by atoms with Crippen LogP contribution < -0.4 is 5.32 Å². The minimum absolute atomic E-state index is 0.134. The molecular formula is C13H20N2OS. The van der Waals surface area contributed by atoms with Crippen molar-refractivity contribution in [3.05, 3.63) is 15.6 Å². The number of aryl methyl sites for hydroxylation is 1. The van der Waals surface area contributed by atoms with Crippen LogP contribution in [-0.2, 0) is 6.42 Å². The van der Waals surface area contributed by atoms with E-state index in [0.29, 0.717) is 6.04 Å². The summed E-state index contributed by atoms with van der Waals surface area (Å²) in [5.74, 6) is 0.134. The molecule has 1 aromatic heterocycles. The van der Waals surface area contributed by atoms with Gasteiger partial charge in [-0.25, -0.2) is 4.98 Å². The number of carbonyl (C=O) groups excluding carboxylic acids is 1. The molecule has 4 heteroatoms. The van der Waals surface area contributed by atoms with Crippen LogP contribution in [0.3, 0.4) is 0 Å². The SMILES string of the molecule is CC(=O)c1sc(CCNC2CCCC2)nc1C. The van der Waals surface area contributed by atoms with E-state index >= 15 is 0 Å². The van der Waals surface area contributed by atoms with Crippen LogP contribution in [0.1, 0.15) is 53.0 Å². The smallest absolute Gasteiger partial charge is 0.171 e. The van der Waals surface area contributed by atoms with Gasteiger partial charge in [-0.15, -0.1) is 11.3 Å². The van der Waals surface area contributed by atoms with Gasteiger partial charge >= 0.3 is 0 Å². The average Bonchev–Trinajstić information content (AvgIpc) is 2.88. The molecule has 3 nitrogen and oxygen atoms in total. The largest absolute Gasteiger partial charge is 0.314 e. The van der Waals surface area contributed by atoms with Crippen molar-refractivity contribution in [3.8, 4) is 0 Å². The predicted octanol–water partition coefficient (Wildman–Crippen LogP) is 2.73. The molecule has 1 fully saturated rings. The van der Waals surface area contributed by atoms with Crippen LogP contribution in [-0.4, -0.2) is 23.4 Å². The molecule has 1 saturated carbocycles. The van der Waals surface area contributed by atoms with E-state index in [1.807, 2.05) is 6.92 Å². The molecule has 17 heavy (non-hydrogen) atoms. The Labute approximate surface area is 107 Å². The lowest BCUT2D eigenvalue weighted by molar-refractivity contribution is 0.102.